The largest absolute Gasteiger partial charge is 0.490 e. The highest BCUT2D eigenvalue weighted by Gasteiger charge is 2.38. The summed E-state index contributed by atoms with van der Waals surface area (Å²) >= 11 is 11.9. The number of aliphatic carboxylic acids is 1. The van der Waals surface area contributed by atoms with Crippen molar-refractivity contribution >= 4 is 29.2 Å². The lowest BCUT2D eigenvalue weighted by Gasteiger charge is -2.25. The third-order valence-corrected chi connectivity index (χ3v) is 5.28. The molecule has 4 rings (SSSR count). The Labute approximate surface area is 196 Å². The average Bonchev–Trinajstić information content (AvgIpc) is 3.21. The summed E-state index contributed by atoms with van der Waals surface area (Å²) in [5.74, 6) is -0.119. The zero-order chi connectivity index (χ0) is 24.0. The molecular formula is C21H18Cl2F3N3O4. The van der Waals surface area contributed by atoms with E-state index in [-0.39, 0.29) is 0 Å². The number of carboxylic acid groups (broad SMARTS) is 1. The van der Waals surface area contributed by atoms with Crippen LogP contribution in [-0.2, 0) is 17.8 Å². The Balaban J connectivity index is 0.000000383. The van der Waals surface area contributed by atoms with Gasteiger partial charge in [-0.2, -0.15) is 18.2 Å². The molecule has 176 valence electrons. The molecule has 1 aromatic heterocycles. The van der Waals surface area contributed by atoms with Crippen molar-refractivity contribution in [3.63, 3.8) is 0 Å². The van der Waals surface area contributed by atoms with Gasteiger partial charge in [-0.05, 0) is 61.0 Å². The second-order valence-corrected chi connectivity index (χ2v) is 7.92. The van der Waals surface area contributed by atoms with Gasteiger partial charge < -0.3 is 19.7 Å². The van der Waals surface area contributed by atoms with Crippen LogP contribution < -0.4 is 10.1 Å². The van der Waals surface area contributed by atoms with Crippen LogP contribution in [0.2, 0.25) is 10.0 Å². The number of rotatable bonds is 6. The third-order valence-electron chi connectivity index (χ3n) is 4.54. The van der Waals surface area contributed by atoms with Gasteiger partial charge in [0.15, 0.2) is 0 Å². The highest BCUT2D eigenvalue weighted by atomic mass is 35.5. The molecule has 0 atom stereocenters. The summed E-state index contributed by atoms with van der Waals surface area (Å²) in [4.78, 5) is 13.4. The molecule has 1 aliphatic rings. The lowest BCUT2D eigenvalue weighted by Crippen LogP contribution is -2.43. The molecule has 1 saturated heterocycles. The van der Waals surface area contributed by atoms with Gasteiger partial charge in [0.05, 0.1) is 10.0 Å². The van der Waals surface area contributed by atoms with Crippen LogP contribution in [0.1, 0.15) is 11.5 Å². The lowest BCUT2D eigenvalue weighted by molar-refractivity contribution is -0.192. The third kappa shape index (κ3) is 7.34. The van der Waals surface area contributed by atoms with E-state index in [2.05, 4.69) is 15.5 Å². The summed E-state index contributed by atoms with van der Waals surface area (Å²) in [6, 6.07) is 13.1. The van der Waals surface area contributed by atoms with Crippen LogP contribution in [0.5, 0.6) is 5.75 Å². The molecule has 1 fully saturated rings. The standard InChI is InChI=1S/C19H17Cl2N3O2.C2HF3O2/c20-16-6-1-12(7-17(16)21)11-25-15-4-2-14(3-5-15)19-23-18(26-24-19)8-13-9-22-10-13;3-2(4,5)1(6)7/h1-7,13,22H,8-11H2;(H,6,7). The van der Waals surface area contributed by atoms with Crippen molar-refractivity contribution in [3.05, 3.63) is 64.0 Å². The van der Waals surface area contributed by atoms with E-state index in [9.17, 15) is 13.2 Å². The fraction of sp³-hybridized carbons (Fsp3) is 0.286. The number of carboxylic acids is 1. The van der Waals surface area contributed by atoms with Crippen molar-refractivity contribution < 1.29 is 32.3 Å². The van der Waals surface area contributed by atoms with Gasteiger partial charge in [0.25, 0.3) is 0 Å². The van der Waals surface area contributed by atoms with E-state index in [4.69, 9.17) is 42.4 Å². The Morgan fingerprint density at radius 2 is 1.82 bits per heavy atom. The van der Waals surface area contributed by atoms with E-state index in [0.717, 1.165) is 36.4 Å². The fourth-order valence-electron chi connectivity index (χ4n) is 2.69. The van der Waals surface area contributed by atoms with Crippen LogP contribution in [0, 0.1) is 5.92 Å². The number of benzene rings is 2. The summed E-state index contributed by atoms with van der Waals surface area (Å²) in [6.07, 6.45) is -4.26. The number of nitrogens with one attached hydrogen (secondary N) is 1. The number of halogens is 5. The van der Waals surface area contributed by atoms with Crippen LogP contribution in [0.4, 0.5) is 13.2 Å². The lowest BCUT2D eigenvalue weighted by atomic mass is 10.00. The molecule has 0 spiro atoms. The van der Waals surface area contributed by atoms with Gasteiger partial charge in [0.1, 0.15) is 12.4 Å². The minimum Gasteiger partial charge on any atom is -0.489 e. The van der Waals surface area contributed by atoms with Gasteiger partial charge in [0, 0.05) is 12.0 Å². The fourth-order valence-corrected chi connectivity index (χ4v) is 3.01. The Morgan fingerprint density at radius 3 is 2.36 bits per heavy atom. The van der Waals surface area contributed by atoms with Crippen LogP contribution >= 0.6 is 23.2 Å². The first kappa shape index (κ1) is 24.8. The Morgan fingerprint density at radius 1 is 1.15 bits per heavy atom. The smallest absolute Gasteiger partial charge is 0.489 e. The molecule has 3 aromatic rings. The molecule has 0 unspecified atom stereocenters. The highest BCUT2D eigenvalue weighted by molar-refractivity contribution is 6.42. The Bertz CT molecular complexity index is 1090. The molecule has 12 heteroatoms. The molecule has 0 amide bonds. The molecule has 0 radical (unpaired) electrons. The highest BCUT2D eigenvalue weighted by Crippen LogP contribution is 2.25. The Kier molecular flexibility index (Phi) is 8.17. The quantitative estimate of drug-likeness (QED) is 0.487. The van der Waals surface area contributed by atoms with Gasteiger partial charge in [0.2, 0.25) is 11.7 Å². The minimum atomic E-state index is -5.08. The number of hydrogen-bond donors (Lipinski definition) is 2. The number of alkyl halides is 3. The van der Waals surface area contributed by atoms with Gasteiger partial charge in [-0.3, -0.25) is 0 Å². The van der Waals surface area contributed by atoms with E-state index < -0.39 is 12.1 Å². The first-order valence-corrected chi connectivity index (χ1v) is 10.4. The first-order chi connectivity index (χ1) is 15.6. The Hall–Kier alpha value is -2.82. The molecule has 0 saturated carbocycles. The molecule has 2 N–H and O–H groups in total. The van der Waals surface area contributed by atoms with Crippen LogP contribution in [0.15, 0.2) is 47.0 Å². The molecule has 0 aliphatic carbocycles. The number of aromatic nitrogens is 2. The molecule has 33 heavy (non-hydrogen) atoms. The molecular weight excluding hydrogens is 486 g/mol. The van der Waals surface area contributed by atoms with Crippen molar-refractivity contribution in [3.8, 4) is 17.1 Å². The van der Waals surface area contributed by atoms with Crippen LogP contribution in [0.25, 0.3) is 11.4 Å². The van der Waals surface area contributed by atoms with E-state index in [1.807, 2.05) is 30.3 Å². The van der Waals surface area contributed by atoms with Crippen LogP contribution in [-0.4, -0.2) is 40.5 Å². The minimum absolute atomic E-state index is 0.415. The van der Waals surface area contributed by atoms with Gasteiger partial charge in [-0.1, -0.05) is 34.4 Å². The van der Waals surface area contributed by atoms with Crippen molar-refractivity contribution in [2.75, 3.05) is 13.1 Å². The monoisotopic (exact) mass is 503 g/mol. The zero-order valence-corrected chi connectivity index (χ0v) is 18.4. The average molecular weight is 504 g/mol. The molecule has 2 heterocycles. The predicted octanol–water partition coefficient (Wildman–Crippen LogP) is 5.02. The first-order valence-electron chi connectivity index (χ1n) is 9.62. The summed E-state index contributed by atoms with van der Waals surface area (Å²) in [5.41, 5.74) is 1.85. The maximum absolute atomic E-state index is 10.6. The number of nitrogens with zero attached hydrogens (tertiary/aromatic N) is 2. The van der Waals surface area contributed by atoms with E-state index >= 15 is 0 Å². The molecule has 0 bridgehead atoms. The second kappa shape index (κ2) is 10.9. The summed E-state index contributed by atoms with van der Waals surface area (Å²) in [6.45, 7) is 2.45. The van der Waals surface area contributed by atoms with E-state index in [1.54, 1.807) is 12.1 Å². The maximum atomic E-state index is 10.6. The van der Waals surface area contributed by atoms with E-state index in [1.165, 1.54) is 0 Å². The van der Waals surface area contributed by atoms with Crippen molar-refractivity contribution in [2.24, 2.45) is 5.92 Å². The van der Waals surface area contributed by atoms with Gasteiger partial charge in [-0.15, -0.1) is 0 Å². The zero-order valence-electron chi connectivity index (χ0n) is 16.9. The SMILES string of the molecule is Clc1ccc(COc2ccc(-c3noc(CC4CNC4)n3)cc2)cc1Cl.O=C(O)C(F)(F)F. The number of carbonyl (C=O) groups is 1. The summed E-state index contributed by atoms with van der Waals surface area (Å²) in [7, 11) is 0. The molecule has 2 aromatic carbocycles. The second-order valence-electron chi connectivity index (χ2n) is 7.10. The van der Waals surface area contributed by atoms with E-state index in [0.29, 0.717) is 34.3 Å². The molecule has 1 aliphatic heterocycles. The number of ether oxygens (including phenoxy) is 1. The van der Waals surface area contributed by atoms with Crippen molar-refractivity contribution in [1.82, 2.24) is 15.5 Å². The van der Waals surface area contributed by atoms with Gasteiger partial charge >= 0.3 is 12.1 Å². The number of hydrogen-bond acceptors (Lipinski definition) is 6. The summed E-state index contributed by atoms with van der Waals surface area (Å²) < 4.78 is 42.9. The topological polar surface area (TPSA) is 97.5 Å². The maximum Gasteiger partial charge on any atom is 0.490 e. The predicted molar refractivity (Wildman–Crippen MR) is 114 cm³/mol. The normalized spacial score (nSPS) is 13.6. The van der Waals surface area contributed by atoms with Gasteiger partial charge in [-0.25, -0.2) is 4.79 Å². The van der Waals surface area contributed by atoms with Crippen LogP contribution in [0.3, 0.4) is 0 Å². The summed E-state index contributed by atoms with van der Waals surface area (Å²) in [5, 5.41) is 15.5. The van der Waals surface area contributed by atoms with Crippen molar-refractivity contribution in [2.45, 2.75) is 19.2 Å². The molecule has 7 nitrogen and oxygen atoms in total. The van der Waals surface area contributed by atoms with Crippen molar-refractivity contribution in [1.29, 1.82) is 0 Å².